The van der Waals surface area contributed by atoms with E-state index in [9.17, 15) is 18.8 Å². The SMILES string of the molecule is [C-]#[N+]C[C@H]1CN(C2=C(C#N)C(OCC34CCCN3CCC4)=NC3C=C(c4cccc5ccc(F)c(Cl)c45)C=CC23)CCN1C(=O)C(=C)F. The van der Waals surface area contributed by atoms with Crippen LogP contribution < -0.4 is 0 Å². The molecule has 48 heavy (non-hydrogen) atoms. The molecule has 4 aliphatic heterocycles. The Hall–Kier alpha value is -4.51. The quantitative estimate of drug-likeness (QED) is 0.266. The van der Waals surface area contributed by atoms with Crippen LogP contribution in [-0.4, -0.2) is 90.0 Å². The Morgan fingerprint density at radius 1 is 1.21 bits per heavy atom. The molecule has 7 rings (SSSR count). The fraction of sp³-hybridized carbons (Fsp3) is 0.405. The third-order valence-electron chi connectivity index (χ3n) is 10.5. The molecule has 0 N–H and O–H groups in total. The number of piperazine rings is 1. The number of rotatable bonds is 6. The fourth-order valence-corrected chi connectivity index (χ4v) is 8.52. The van der Waals surface area contributed by atoms with E-state index in [0.717, 1.165) is 55.3 Å². The van der Waals surface area contributed by atoms with Crippen LogP contribution in [0.1, 0.15) is 31.2 Å². The Kier molecular flexibility index (Phi) is 8.57. The summed E-state index contributed by atoms with van der Waals surface area (Å²) in [6.07, 6.45) is 10.2. The minimum absolute atomic E-state index is 0.0210. The van der Waals surface area contributed by atoms with Crippen LogP contribution in [-0.2, 0) is 9.53 Å². The number of allylic oxidation sites excluding steroid dienone is 2. The van der Waals surface area contributed by atoms with Gasteiger partial charge in [0.1, 0.15) is 30.1 Å². The van der Waals surface area contributed by atoms with Crippen molar-refractivity contribution >= 4 is 39.8 Å². The van der Waals surface area contributed by atoms with E-state index in [4.69, 9.17) is 27.9 Å². The van der Waals surface area contributed by atoms with Crippen LogP contribution in [0.5, 0.6) is 0 Å². The van der Waals surface area contributed by atoms with Gasteiger partial charge in [0.25, 0.3) is 5.91 Å². The zero-order chi connectivity index (χ0) is 33.6. The average Bonchev–Trinajstić information content (AvgIpc) is 3.68. The molecule has 4 heterocycles. The Morgan fingerprint density at radius 3 is 2.73 bits per heavy atom. The maximum absolute atomic E-state index is 14.6. The molecular weight excluding hydrogens is 634 g/mol. The van der Waals surface area contributed by atoms with Crippen molar-refractivity contribution < 1.29 is 18.3 Å². The van der Waals surface area contributed by atoms with Gasteiger partial charge in [-0.15, -0.1) is 0 Å². The Bertz CT molecular complexity index is 1890. The van der Waals surface area contributed by atoms with Crippen molar-refractivity contribution in [1.29, 1.82) is 5.26 Å². The first-order chi connectivity index (χ1) is 23.2. The number of dihydropyridines is 1. The molecule has 5 aliphatic rings. The summed E-state index contributed by atoms with van der Waals surface area (Å²) >= 11 is 6.51. The van der Waals surface area contributed by atoms with Gasteiger partial charge in [-0.1, -0.05) is 60.7 Å². The predicted molar refractivity (Wildman–Crippen MR) is 181 cm³/mol. The van der Waals surface area contributed by atoms with E-state index < -0.39 is 29.6 Å². The Labute approximate surface area is 283 Å². The normalized spacial score (nSPS) is 24.8. The monoisotopic (exact) mass is 668 g/mol. The lowest BCUT2D eigenvalue weighted by atomic mass is 9.82. The van der Waals surface area contributed by atoms with Crippen LogP contribution in [0.4, 0.5) is 8.78 Å². The molecule has 3 fully saturated rings. The Balaban J connectivity index is 1.28. The number of amides is 1. The number of fused-ring (bicyclic) bond motifs is 3. The van der Waals surface area contributed by atoms with E-state index in [0.29, 0.717) is 29.8 Å². The minimum Gasteiger partial charge on any atom is -0.475 e. The third kappa shape index (κ3) is 5.47. The second-order valence-corrected chi connectivity index (χ2v) is 13.5. The van der Waals surface area contributed by atoms with Gasteiger partial charge < -0.3 is 19.4 Å². The number of carbonyl (C=O) groups excluding carboxylic acids is 1. The number of nitrogens with zero attached hydrogens (tertiary/aromatic N) is 6. The number of ether oxygens (including phenoxy) is 1. The van der Waals surface area contributed by atoms with Crippen molar-refractivity contribution in [1.82, 2.24) is 14.7 Å². The highest BCUT2D eigenvalue weighted by Crippen LogP contribution is 2.42. The van der Waals surface area contributed by atoms with Crippen molar-refractivity contribution in [2.45, 2.75) is 43.3 Å². The first kappa shape index (κ1) is 32.1. The number of nitriles is 1. The van der Waals surface area contributed by atoms with Crippen LogP contribution in [0.15, 0.2) is 77.2 Å². The van der Waals surface area contributed by atoms with E-state index in [1.165, 1.54) is 11.0 Å². The molecule has 3 atom stereocenters. The smallest absolute Gasteiger partial charge is 0.282 e. The summed E-state index contributed by atoms with van der Waals surface area (Å²) in [5.74, 6) is -2.47. The molecule has 11 heteroatoms. The highest BCUT2D eigenvalue weighted by molar-refractivity contribution is 6.36. The summed E-state index contributed by atoms with van der Waals surface area (Å²) in [4.78, 5) is 27.1. The van der Waals surface area contributed by atoms with Crippen molar-refractivity contribution in [3.63, 3.8) is 0 Å². The van der Waals surface area contributed by atoms with E-state index >= 15 is 0 Å². The molecule has 0 saturated carbocycles. The molecule has 1 amide bonds. The van der Waals surface area contributed by atoms with Crippen LogP contribution in [0.2, 0.25) is 5.02 Å². The second kappa shape index (κ2) is 12.8. The second-order valence-electron chi connectivity index (χ2n) is 13.1. The molecular formula is C37H35ClF2N6O2. The zero-order valence-electron chi connectivity index (χ0n) is 26.5. The molecule has 2 unspecified atom stereocenters. The van der Waals surface area contributed by atoms with E-state index in [1.807, 2.05) is 41.3 Å². The van der Waals surface area contributed by atoms with Crippen molar-refractivity contribution in [2.24, 2.45) is 10.9 Å². The summed E-state index contributed by atoms with van der Waals surface area (Å²) in [6.45, 7) is 13.9. The lowest BCUT2D eigenvalue weighted by Gasteiger charge is -2.44. The molecule has 2 aromatic rings. The molecule has 0 bridgehead atoms. The minimum atomic E-state index is -1.07. The van der Waals surface area contributed by atoms with Gasteiger partial charge in [0.15, 0.2) is 5.83 Å². The number of benzene rings is 2. The largest absolute Gasteiger partial charge is 0.475 e. The predicted octanol–water partition coefficient (Wildman–Crippen LogP) is 6.32. The van der Waals surface area contributed by atoms with Gasteiger partial charge in [-0.05, 0) is 61.4 Å². The fourth-order valence-electron chi connectivity index (χ4n) is 8.25. The van der Waals surface area contributed by atoms with Crippen molar-refractivity contribution in [2.75, 3.05) is 45.9 Å². The molecule has 0 spiro atoms. The number of hydrogen-bond acceptors (Lipinski definition) is 6. The van der Waals surface area contributed by atoms with Gasteiger partial charge in [0.05, 0.1) is 16.6 Å². The number of aliphatic imine (C=N–C) groups is 1. The maximum atomic E-state index is 14.6. The Morgan fingerprint density at radius 2 is 2.00 bits per heavy atom. The van der Waals surface area contributed by atoms with Crippen LogP contribution in [0, 0.1) is 29.6 Å². The topological polar surface area (TPSA) is 76.5 Å². The molecule has 0 radical (unpaired) electrons. The van der Waals surface area contributed by atoms with Crippen molar-refractivity contribution in [3.8, 4) is 6.07 Å². The van der Waals surface area contributed by atoms with E-state index in [1.54, 1.807) is 6.07 Å². The number of hydrogen-bond donors (Lipinski definition) is 0. The molecule has 3 saturated heterocycles. The van der Waals surface area contributed by atoms with Gasteiger partial charge in [-0.3, -0.25) is 9.69 Å². The summed E-state index contributed by atoms with van der Waals surface area (Å²) in [6, 6.07) is 10.1. The highest BCUT2D eigenvalue weighted by atomic mass is 35.5. The van der Waals surface area contributed by atoms with Crippen LogP contribution in [0.3, 0.4) is 0 Å². The maximum Gasteiger partial charge on any atom is 0.282 e. The van der Waals surface area contributed by atoms with Gasteiger partial charge in [0.2, 0.25) is 12.4 Å². The molecule has 246 valence electrons. The third-order valence-corrected chi connectivity index (χ3v) is 10.9. The summed E-state index contributed by atoms with van der Waals surface area (Å²) in [5.41, 5.74) is 2.54. The summed E-state index contributed by atoms with van der Waals surface area (Å²) in [7, 11) is 0. The van der Waals surface area contributed by atoms with Gasteiger partial charge >= 0.3 is 0 Å². The first-order valence-electron chi connectivity index (χ1n) is 16.4. The molecule has 8 nitrogen and oxygen atoms in total. The lowest BCUT2D eigenvalue weighted by Crippen LogP contribution is -2.57. The molecule has 2 aromatic carbocycles. The van der Waals surface area contributed by atoms with Gasteiger partial charge in [-0.25, -0.2) is 20.3 Å². The molecule has 0 aromatic heterocycles. The van der Waals surface area contributed by atoms with Gasteiger partial charge in [0, 0.05) is 36.6 Å². The van der Waals surface area contributed by atoms with E-state index in [-0.39, 0.29) is 42.0 Å². The first-order valence-corrected chi connectivity index (χ1v) is 16.7. The number of carbonyl (C=O) groups is 1. The summed E-state index contributed by atoms with van der Waals surface area (Å²) < 4.78 is 35.2. The summed E-state index contributed by atoms with van der Waals surface area (Å²) in [5, 5.41) is 12.1. The molecule has 1 aliphatic carbocycles. The standard InChI is InChI=1S/C37H35ClF2N6O2/c1-23(39)36(47)46-17-16-44(21-26(46)20-42-2)34-28-10-8-25(27-7-3-6-24-9-11-30(40)33(38)32(24)27)18-31(28)43-35(29(34)19-41)48-22-37-12-4-14-45(37)15-5-13-37/h3,6-11,18,26,28,31H,1,4-5,12-17,20-22H2/t26-,28?,31?/m0/s1. The number of halogens is 3. The van der Waals surface area contributed by atoms with Crippen molar-refractivity contribution in [3.05, 3.63) is 100 Å². The highest BCUT2D eigenvalue weighted by Gasteiger charge is 2.46. The van der Waals surface area contributed by atoms with Crippen LogP contribution >= 0.6 is 11.6 Å². The van der Waals surface area contributed by atoms with Crippen LogP contribution in [0.25, 0.3) is 21.2 Å². The van der Waals surface area contributed by atoms with E-state index in [2.05, 4.69) is 22.4 Å². The zero-order valence-corrected chi connectivity index (χ0v) is 27.2. The lowest BCUT2D eigenvalue weighted by molar-refractivity contribution is -0.132. The van der Waals surface area contributed by atoms with Gasteiger partial charge in [-0.2, -0.15) is 5.26 Å². The average molecular weight is 669 g/mol.